The molecule has 0 saturated carbocycles. The van der Waals surface area contributed by atoms with Crippen molar-refractivity contribution in [1.82, 2.24) is 5.32 Å². The smallest absolute Gasteiger partial charge is 0.320 e. The molecule has 2 unspecified atom stereocenters. The van der Waals surface area contributed by atoms with Gasteiger partial charge in [-0.25, -0.2) is 4.39 Å². The van der Waals surface area contributed by atoms with Crippen LogP contribution in [-0.2, 0) is 4.79 Å². The minimum atomic E-state index is -0.983. The minimum absolute atomic E-state index is 0. The summed E-state index contributed by atoms with van der Waals surface area (Å²) in [5.41, 5.74) is 5.70. The lowest BCUT2D eigenvalue weighted by molar-refractivity contribution is -0.138. The number of rotatable bonds is 8. The Hall–Kier alpha value is -0.810. The third-order valence-corrected chi connectivity index (χ3v) is 2.15. The number of hydrogen-bond acceptors (Lipinski definition) is 3. The first-order valence-corrected chi connectivity index (χ1v) is 4.93. The molecule has 0 bridgehead atoms. The summed E-state index contributed by atoms with van der Waals surface area (Å²) in [4.78, 5) is 10.4. The molecule has 6 heteroatoms. The summed E-state index contributed by atoms with van der Waals surface area (Å²) in [5.74, 6) is -0.734. The molecule has 0 radical (unpaired) electrons. The third kappa shape index (κ3) is 8.49. The van der Waals surface area contributed by atoms with Crippen molar-refractivity contribution in [3.63, 3.8) is 0 Å². The van der Waals surface area contributed by atoms with Gasteiger partial charge < -0.3 is 16.2 Å². The van der Waals surface area contributed by atoms with Gasteiger partial charge in [-0.1, -0.05) is 13.5 Å². The summed E-state index contributed by atoms with van der Waals surface area (Å²) in [5, 5.41) is 11.4. The molecule has 0 amide bonds. The van der Waals surface area contributed by atoms with Crippen LogP contribution in [0.5, 0.6) is 0 Å². The van der Waals surface area contributed by atoms with E-state index in [4.69, 9.17) is 10.8 Å². The van der Waals surface area contributed by atoms with Crippen molar-refractivity contribution in [1.29, 1.82) is 0 Å². The lowest BCUT2D eigenvalue weighted by Crippen LogP contribution is -2.31. The molecular formula is C10H20ClFN2O2. The molecule has 0 aliphatic heterocycles. The number of aliphatic carboxylic acids is 1. The number of hydrogen-bond donors (Lipinski definition) is 3. The fourth-order valence-corrected chi connectivity index (χ4v) is 1.06. The zero-order valence-electron chi connectivity index (χ0n) is 9.41. The summed E-state index contributed by atoms with van der Waals surface area (Å²) < 4.78 is 12.0. The van der Waals surface area contributed by atoms with Crippen LogP contribution in [0.4, 0.5) is 4.39 Å². The molecule has 16 heavy (non-hydrogen) atoms. The maximum Gasteiger partial charge on any atom is 0.320 e. The van der Waals surface area contributed by atoms with Crippen LogP contribution in [0.1, 0.15) is 19.8 Å². The SMILES string of the molecule is C=C(CF)NCC(C)CCC(N)C(=O)O.Cl. The van der Waals surface area contributed by atoms with Crippen molar-refractivity contribution in [2.75, 3.05) is 13.2 Å². The highest BCUT2D eigenvalue weighted by atomic mass is 35.5. The minimum Gasteiger partial charge on any atom is -0.480 e. The van der Waals surface area contributed by atoms with Gasteiger partial charge in [0.2, 0.25) is 0 Å². The first-order chi connectivity index (χ1) is 6.97. The van der Waals surface area contributed by atoms with E-state index in [0.29, 0.717) is 25.1 Å². The fourth-order valence-electron chi connectivity index (χ4n) is 1.06. The second kappa shape index (κ2) is 9.42. The molecule has 0 aromatic carbocycles. The molecule has 0 rings (SSSR count). The van der Waals surface area contributed by atoms with Gasteiger partial charge in [0.1, 0.15) is 12.7 Å². The average Bonchev–Trinajstić information content (AvgIpc) is 2.21. The standard InChI is InChI=1S/C10H19FN2O2.ClH/c1-7(6-13-8(2)5-11)3-4-9(12)10(14)15;/h7,9,13H,2-6,12H2,1H3,(H,14,15);1H. The van der Waals surface area contributed by atoms with Crippen molar-refractivity contribution >= 4 is 18.4 Å². The summed E-state index contributed by atoms with van der Waals surface area (Å²) >= 11 is 0. The van der Waals surface area contributed by atoms with Crippen LogP contribution in [0.3, 0.4) is 0 Å². The first kappa shape index (κ1) is 17.6. The van der Waals surface area contributed by atoms with Crippen molar-refractivity contribution < 1.29 is 14.3 Å². The maximum atomic E-state index is 12.0. The van der Waals surface area contributed by atoms with E-state index in [1.807, 2.05) is 6.92 Å². The van der Waals surface area contributed by atoms with E-state index in [0.717, 1.165) is 0 Å². The van der Waals surface area contributed by atoms with Gasteiger partial charge in [0.15, 0.2) is 0 Å². The van der Waals surface area contributed by atoms with Gasteiger partial charge >= 0.3 is 5.97 Å². The maximum absolute atomic E-state index is 12.0. The number of allylic oxidation sites excluding steroid dienone is 1. The van der Waals surface area contributed by atoms with Crippen LogP contribution >= 0.6 is 12.4 Å². The Balaban J connectivity index is 0. The summed E-state index contributed by atoms with van der Waals surface area (Å²) in [6.45, 7) is 5.43. The van der Waals surface area contributed by atoms with Gasteiger partial charge in [0.05, 0.1) is 0 Å². The lowest BCUT2D eigenvalue weighted by Gasteiger charge is -2.14. The molecule has 4 nitrogen and oxygen atoms in total. The zero-order valence-corrected chi connectivity index (χ0v) is 10.2. The van der Waals surface area contributed by atoms with Crippen molar-refractivity contribution in [3.05, 3.63) is 12.3 Å². The lowest BCUT2D eigenvalue weighted by atomic mass is 10.0. The van der Waals surface area contributed by atoms with Gasteiger partial charge in [0.25, 0.3) is 0 Å². The molecule has 96 valence electrons. The third-order valence-electron chi connectivity index (χ3n) is 2.15. The molecule has 0 fully saturated rings. The Morgan fingerprint density at radius 1 is 1.56 bits per heavy atom. The number of alkyl halides is 1. The van der Waals surface area contributed by atoms with Crippen molar-refractivity contribution in [2.24, 2.45) is 11.7 Å². The Kier molecular flexibility index (Phi) is 10.3. The summed E-state index contributed by atoms with van der Waals surface area (Å²) in [6.07, 6.45) is 1.13. The van der Waals surface area contributed by atoms with Crippen LogP contribution < -0.4 is 11.1 Å². The highest BCUT2D eigenvalue weighted by molar-refractivity contribution is 5.85. The molecule has 0 aromatic rings. The predicted octanol–water partition coefficient (Wildman–Crippen LogP) is 1.31. The second-order valence-corrected chi connectivity index (χ2v) is 3.75. The van der Waals surface area contributed by atoms with E-state index >= 15 is 0 Å². The van der Waals surface area contributed by atoms with Crippen LogP contribution in [-0.4, -0.2) is 30.3 Å². The number of carbonyl (C=O) groups is 1. The number of carboxylic acid groups (broad SMARTS) is 1. The summed E-state index contributed by atoms with van der Waals surface area (Å²) in [7, 11) is 0. The quantitative estimate of drug-likeness (QED) is 0.611. The zero-order chi connectivity index (χ0) is 11.8. The molecule has 0 heterocycles. The summed E-state index contributed by atoms with van der Waals surface area (Å²) in [6, 6.07) is -0.808. The molecule has 0 aromatic heterocycles. The first-order valence-electron chi connectivity index (χ1n) is 4.93. The average molecular weight is 255 g/mol. The highest BCUT2D eigenvalue weighted by Crippen LogP contribution is 2.06. The normalized spacial score (nSPS) is 13.4. The van der Waals surface area contributed by atoms with E-state index in [2.05, 4.69) is 11.9 Å². The van der Waals surface area contributed by atoms with E-state index in [1.54, 1.807) is 0 Å². The van der Waals surface area contributed by atoms with Crippen LogP contribution in [0.2, 0.25) is 0 Å². The van der Waals surface area contributed by atoms with Gasteiger partial charge in [-0.15, -0.1) is 12.4 Å². The van der Waals surface area contributed by atoms with Gasteiger partial charge in [-0.2, -0.15) is 0 Å². The van der Waals surface area contributed by atoms with E-state index in [-0.39, 0.29) is 18.3 Å². The molecule has 4 N–H and O–H groups in total. The number of nitrogens with two attached hydrogens (primary N) is 1. The highest BCUT2D eigenvalue weighted by Gasteiger charge is 2.12. The van der Waals surface area contributed by atoms with Crippen molar-refractivity contribution in [2.45, 2.75) is 25.8 Å². The molecular weight excluding hydrogens is 235 g/mol. The molecule has 0 aliphatic carbocycles. The van der Waals surface area contributed by atoms with Crippen LogP contribution in [0.25, 0.3) is 0 Å². The topological polar surface area (TPSA) is 75.3 Å². The van der Waals surface area contributed by atoms with Gasteiger partial charge in [0, 0.05) is 12.2 Å². The monoisotopic (exact) mass is 254 g/mol. The molecule has 0 aliphatic rings. The van der Waals surface area contributed by atoms with E-state index in [9.17, 15) is 9.18 Å². The molecule has 2 atom stereocenters. The Morgan fingerprint density at radius 2 is 2.12 bits per heavy atom. The van der Waals surface area contributed by atoms with Crippen molar-refractivity contribution in [3.8, 4) is 0 Å². The van der Waals surface area contributed by atoms with Gasteiger partial charge in [-0.05, 0) is 18.8 Å². The van der Waals surface area contributed by atoms with Crippen LogP contribution in [0, 0.1) is 5.92 Å². The Morgan fingerprint density at radius 3 is 2.56 bits per heavy atom. The van der Waals surface area contributed by atoms with Gasteiger partial charge in [-0.3, -0.25) is 4.79 Å². The number of carboxylic acids is 1. The van der Waals surface area contributed by atoms with E-state index in [1.165, 1.54) is 0 Å². The number of nitrogens with one attached hydrogen (secondary N) is 1. The molecule has 0 saturated heterocycles. The van der Waals surface area contributed by atoms with E-state index < -0.39 is 18.7 Å². The van der Waals surface area contributed by atoms with Crippen LogP contribution in [0.15, 0.2) is 12.3 Å². The largest absolute Gasteiger partial charge is 0.480 e. The Bertz CT molecular complexity index is 227. The molecule has 0 spiro atoms. The predicted molar refractivity (Wildman–Crippen MR) is 64.4 cm³/mol. The second-order valence-electron chi connectivity index (χ2n) is 3.75. The Labute approximate surface area is 101 Å². The number of halogens is 2. The fraction of sp³-hybridized carbons (Fsp3) is 0.700.